The van der Waals surface area contributed by atoms with Crippen LogP contribution in [0.2, 0.25) is 13.1 Å². The molecule has 0 aromatic heterocycles. The van der Waals surface area contributed by atoms with Gasteiger partial charge in [-0.25, -0.2) is 24.3 Å². The number of halogens is 2. The van der Waals surface area contributed by atoms with Crippen molar-refractivity contribution in [1.29, 1.82) is 0 Å². The predicted molar refractivity (Wildman–Crippen MR) is 73.3 cm³/mol. The molecule has 2 aromatic carbocycles. The Morgan fingerprint density at radius 3 is 1.12 bits per heavy atom. The Kier molecular flexibility index (Phi) is 11.8. The van der Waals surface area contributed by atoms with Gasteiger partial charge in [0, 0.05) is 0 Å². The van der Waals surface area contributed by atoms with E-state index in [2.05, 4.69) is 13.1 Å². The van der Waals surface area contributed by atoms with Gasteiger partial charge in [-0.2, -0.15) is 36.4 Å². The molecule has 0 radical (unpaired) electrons. The Morgan fingerprint density at radius 1 is 0.812 bits per heavy atom. The van der Waals surface area contributed by atoms with Gasteiger partial charge in [0.1, 0.15) is 0 Å². The summed E-state index contributed by atoms with van der Waals surface area (Å²) >= 11 is -1.42. The summed E-state index contributed by atoms with van der Waals surface area (Å²) in [5, 5.41) is 0. The summed E-state index contributed by atoms with van der Waals surface area (Å²) in [6.45, 7) is 4.31. The first kappa shape index (κ1) is 16.2. The fourth-order valence-corrected chi connectivity index (χ4v) is 0.642. The van der Waals surface area contributed by atoms with E-state index in [1.165, 1.54) is 0 Å². The standard InChI is InChI=1S/2C5H5.C2H6Si.2ClH.Ti/c2*1-2-4-5-3-1;1-3-2;;;/h2*1-5H;1-2H3;2*1H;/q2*-1;;;;+2/p-2. The van der Waals surface area contributed by atoms with E-state index in [9.17, 15) is 0 Å². The molecule has 0 saturated carbocycles. The van der Waals surface area contributed by atoms with Crippen molar-refractivity contribution in [2.75, 3.05) is 0 Å². The zero-order valence-corrected chi connectivity index (χ0v) is 13.6. The molecule has 0 fully saturated rings. The Labute approximate surface area is 112 Å². The fourth-order valence-electron chi connectivity index (χ4n) is 0.642. The molecular weight excluding hydrogens is 291 g/mol. The molecule has 0 N–H and O–H groups in total. The van der Waals surface area contributed by atoms with Crippen LogP contribution in [0.3, 0.4) is 0 Å². The summed E-state index contributed by atoms with van der Waals surface area (Å²) in [6, 6.07) is 20.0. The zero-order valence-electron chi connectivity index (χ0n) is 9.53. The van der Waals surface area contributed by atoms with Crippen LogP contribution in [0.25, 0.3) is 0 Å². The average molecular weight is 307 g/mol. The third-order valence-corrected chi connectivity index (χ3v) is 15.1. The molecule has 0 aliphatic carbocycles. The molecule has 0 bridgehead atoms. The molecule has 0 aliphatic heterocycles. The van der Waals surface area contributed by atoms with Gasteiger partial charge < -0.3 is 0 Å². The van der Waals surface area contributed by atoms with Crippen LogP contribution in [-0.2, 0) is 14.5 Å². The first-order valence-electron chi connectivity index (χ1n) is 4.96. The molecule has 4 heteroatoms. The molecule has 0 spiro atoms. The summed E-state index contributed by atoms with van der Waals surface area (Å²) in [4.78, 5) is 0. The summed E-state index contributed by atoms with van der Waals surface area (Å²) in [5.41, 5.74) is 0. The first-order chi connectivity index (χ1) is 7.64. The van der Waals surface area contributed by atoms with Crippen LogP contribution in [0.4, 0.5) is 0 Å². The number of hydrogen-bond acceptors (Lipinski definition) is 0. The Morgan fingerprint density at radius 2 is 1.06 bits per heavy atom. The van der Waals surface area contributed by atoms with Crippen LogP contribution < -0.4 is 0 Å². The summed E-state index contributed by atoms with van der Waals surface area (Å²) in [5.74, 6) is 0. The monoisotopic (exact) mass is 306 g/mol. The smallest absolute Gasteiger partial charge is 0.172 e. The van der Waals surface area contributed by atoms with E-state index in [4.69, 9.17) is 18.6 Å². The second kappa shape index (κ2) is 11.7. The van der Waals surface area contributed by atoms with Gasteiger partial charge in [-0.15, -0.1) is 0 Å². The number of rotatable bonds is 0. The van der Waals surface area contributed by atoms with Crippen molar-refractivity contribution in [3.05, 3.63) is 60.7 Å². The van der Waals surface area contributed by atoms with Crippen molar-refractivity contribution in [3.8, 4) is 0 Å². The molecule has 88 valence electrons. The van der Waals surface area contributed by atoms with Crippen molar-refractivity contribution >= 4 is 24.8 Å². The zero-order chi connectivity index (χ0) is 12.2. The van der Waals surface area contributed by atoms with Gasteiger partial charge in [-0.05, 0) is 0 Å². The fraction of sp³-hybridized carbons (Fsp3) is 0.167. The van der Waals surface area contributed by atoms with Gasteiger partial charge in [0.15, 0.2) is 0 Å². The summed E-state index contributed by atoms with van der Waals surface area (Å²) in [6.07, 6.45) is -0.254. The topological polar surface area (TPSA) is 0 Å². The third-order valence-electron chi connectivity index (χ3n) is 1.49. The molecule has 16 heavy (non-hydrogen) atoms. The minimum absolute atomic E-state index is 0.254. The van der Waals surface area contributed by atoms with Crippen LogP contribution in [0.5, 0.6) is 0 Å². The van der Waals surface area contributed by atoms with Crippen molar-refractivity contribution in [2.45, 2.75) is 13.1 Å². The largest absolute Gasteiger partial charge is 0.214 e. The van der Waals surface area contributed by atoms with E-state index in [0.29, 0.717) is 0 Å². The molecule has 0 unspecified atom stereocenters. The molecule has 0 heterocycles. The van der Waals surface area contributed by atoms with Crippen molar-refractivity contribution in [2.24, 2.45) is 0 Å². The average Bonchev–Trinajstić information content (AvgIpc) is 2.97. The minimum atomic E-state index is -1.42. The van der Waals surface area contributed by atoms with Gasteiger partial charge in [-0.1, -0.05) is 0 Å². The minimum Gasteiger partial charge on any atom is -0.214 e. The van der Waals surface area contributed by atoms with Gasteiger partial charge in [0.25, 0.3) is 0 Å². The van der Waals surface area contributed by atoms with Gasteiger partial charge in [0.05, 0.1) is 0 Å². The van der Waals surface area contributed by atoms with E-state index in [1.54, 1.807) is 0 Å². The maximum atomic E-state index is 5.59. The van der Waals surface area contributed by atoms with Gasteiger partial charge in [0.2, 0.25) is 0 Å². The molecule has 0 saturated heterocycles. The Hall–Kier alpha value is 0.211. The molecule has 2 rings (SSSR count). The van der Waals surface area contributed by atoms with E-state index < -0.39 is 14.5 Å². The van der Waals surface area contributed by atoms with Crippen molar-refractivity contribution < 1.29 is 14.5 Å². The molecule has 0 nitrogen and oxygen atoms in total. The summed E-state index contributed by atoms with van der Waals surface area (Å²) < 4.78 is 0. The SMILES string of the molecule is C[Si](C)=[Ti]([Cl])[Cl].c1cc[cH-]c1.c1cc[cH-]c1. The van der Waals surface area contributed by atoms with Crippen molar-refractivity contribution in [1.82, 2.24) is 0 Å². The first-order valence-corrected chi connectivity index (χ1v) is 14.1. The molecule has 0 amide bonds. The molecule has 0 aliphatic rings. The van der Waals surface area contributed by atoms with Crippen LogP contribution in [0.1, 0.15) is 0 Å². The van der Waals surface area contributed by atoms with Gasteiger partial charge in [-0.3, -0.25) is 0 Å². The third kappa shape index (κ3) is 12.3. The second-order valence-corrected chi connectivity index (χ2v) is 19.3. The van der Waals surface area contributed by atoms with E-state index in [0.717, 1.165) is 0 Å². The quantitative estimate of drug-likeness (QED) is 0.476. The van der Waals surface area contributed by atoms with Crippen LogP contribution >= 0.6 is 18.6 Å². The predicted octanol–water partition coefficient (Wildman–Crippen LogP) is 4.97. The van der Waals surface area contributed by atoms with E-state index in [-0.39, 0.29) is 6.19 Å². The van der Waals surface area contributed by atoms with E-state index in [1.807, 2.05) is 60.7 Å². The Balaban J connectivity index is 0.000000211. The van der Waals surface area contributed by atoms with E-state index >= 15 is 0 Å². The van der Waals surface area contributed by atoms with Crippen LogP contribution in [0.15, 0.2) is 60.7 Å². The molecular formula is C12H16Cl2SiTi-2. The van der Waals surface area contributed by atoms with Crippen molar-refractivity contribution in [3.63, 3.8) is 0 Å². The number of hydrogen-bond donors (Lipinski definition) is 0. The second-order valence-electron chi connectivity index (χ2n) is 3.18. The normalized spacial score (nSPS) is 8.00. The van der Waals surface area contributed by atoms with Gasteiger partial charge >= 0.3 is 52.4 Å². The molecule has 0 atom stereocenters. The molecule has 2 aromatic rings. The maximum absolute atomic E-state index is 5.59. The van der Waals surface area contributed by atoms with Crippen LogP contribution in [0, 0.1) is 0 Å². The Bertz CT molecular complexity index is 274. The maximum Gasteiger partial charge on any atom is -0.172 e. The van der Waals surface area contributed by atoms with Crippen LogP contribution in [-0.4, -0.2) is 6.19 Å². The summed E-state index contributed by atoms with van der Waals surface area (Å²) in [7, 11) is 11.2.